The van der Waals surface area contributed by atoms with Gasteiger partial charge in [-0.1, -0.05) is 63.9 Å². The monoisotopic (exact) mass is 418 g/mol. The van der Waals surface area contributed by atoms with Crippen LogP contribution in [0.4, 0.5) is 4.79 Å². The molecule has 1 heterocycles. The van der Waals surface area contributed by atoms with E-state index >= 15 is 0 Å². The van der Waals surface area contributed by atoms with Crippen LogP contribution in [-0.4, -0.2) is 53.2 Å². The Bertz CT molecular complexity index is 777. The summed E-state index contributed by atoms with van der Waals surface area (Å²) in [6.45, 7) is 14.2. The van der Waals surface area contributed by atoms with Crippen LogP contribution in [0.2, 0.25) is 5.02 Å². The Morgan fingerprint density at radius 2 is 1.86 bits per heavy atom. The fourth-order valence-electron chi connectivity index (χ4n) is 4.69. The zero-order valence-corrected chi connectivity index (χ0v) is 19.2. The maximum atomic E-state index is 11.7. The lowest BCUT2D eigenvalue weighted by molar-refractivity contribution is 0.0244. The van der Waals surface area contributed by atoms with Crippen LogP contribution in [0.15, 0.2) is 29.8 Å². The molecule has 1 atom stereocenters. The quantitative estimate of drug-likeness (QED) is 0.653. The van der Waals surface area contributed by atoms with Crippen molar-refractivity contribution in [1.29, 1.82) is 0 Å². The largest absolute Gasteiger partial charge is 0.465 e. The van der Waals surface area contributed by atoms with Crippen LogP contribution in [0.5, 0.6) is 0 Å². The zero-order chi connectivity index (χ0) is 21.4. The van der Waals surface area contributed by atoms with Gasteiger partial charge in [-0.3, -0.25) is 4.90 Å². The van der Waals surface area contributed by atoms with Gasteiger partial charge < -0.3 is 10.0 Å². The van der Waals surface area contributed by atoms with Gasteiger partial charge in [0.15, 0.2) is 0 Å². The molecule has 3 rings (SSSR count). The Morgan fingerprint density at radius 1 is 1.21 bits per heavy atom. The molecule has 1 aliphatic carbocycles. The number of benzene rings is 1. The number of nitrogens with zero attached hydrogens (tertiary/aromatic N) is 2. The van der Waals surface area contributed by atoms with E-state index in [1.54, 1.807) is 4.90 Å². The number of halogens is 1. The second-order valence-electron chi connectivity index (χ2n) is 10.5. The van der Waals surface area contributed by atoms with Crippen LogP contribution in [0.25, 0.3) is 5.57 Å². The van der Waals surface area contributed by atoms with E-state index in [0.717, 1.165) is 37.5 Å². The SMILES string of the molecule is CC1(C)CCC(CN2CCN(C(=O)O)C(C(C)(C)C)C2)=C(c2ccc(Cl)cc2)C1. The lowest BCUT2D eigenvalue weighted by Gasteiger charge is -2.46. The van der Waals surface area contributed by atoms with Crippen LogP contribution in [0, 0.1) is 10.8 Å². The Balaban J connectivity index is 1.85. The summed E-state index contributed by atoms with van der Waals surface area (Å²) in [7, 11) is 0. The number of carbonyl (C=O) groups is 1. The lowest BCUT2D eigenvalue weighted by Crippen LogP contribution is -2.59. The average Bonchev–Trinajstić information content (AvgIpc) is 2.63. The summed E-state index contributed by atoms with van der Waals surface area (Å²) >= 11 is 6.12. The summed E-state index contributed by atoms with van der Waals surface area (Å²) in [5.41, 5.74) is 4.44. The number of piperazine rings is 1. The summed E-state index contributed by atoms with van der Waals surface area (Å²) in [6, 6.07) is 8.24. The van der Waals surface area contributed by atoms with E-state index in [9.17, 15) is 9.90 Å². The van der Waals surface area contributed by atoms with Crippen molar-refractivity contribution in [3.63, 3.8) is 0 Å². The second-order valence-corrected chi connectivity index (χ2v) is 11.0. The van der Waals surface area contributed by atoms with Gasteiger partial charge in [0.25, 0.3) is 0 Å². The summed E-state index contributed by atoms with van der Waals surface area (Å²) in [5, 5.41) is 10.4. The molecule has 2 aliphatic rings. The first-order valence-electron chi connectivity index (χ1n) is 10.6. The van der Waals surface area contributed by atoms with Crippen molar-refractivity contribution < 1.29 is 9.90 Å². The van der Waals surface area contributed by atoms with Gasteiger partial charge in [-0.15, -0.1) is 0 Å². The van der Waals surface area contributed by atoms with Gasteiger partial charge in [-0.05, 0) is 53.4 Å². The van der Waals surface area contributed by atoms with Crippen LogP contribution < -0.4 is 0 Å². The minimum atomic E-state index is -0.801. The molecule has 1 unspecified atom stereocenters. The summed E-state index contributed by atoms with van der Waals surface area (Å²) in [5.74, 6) is 0. The highest BCUT2D eigenvalue weighted by Crippen LogP contribution is 2.43. The highest BCUT2D eigenvalue weighted by atomic mass is 35.5. The number of hydrogen-bond donors (Lipinski definition) is 1. The Labute approximate surface area is 180 Å². The van der Waals surface area contributed by atoms with Crippen LogP contribution >= 0.6 is 11.6 Å². The van der Waals surface area contributed by atoms with Crippen molar-refractivity contribution in [3.05, 3.63) is 40.4 Å². The number of carboxylic acid groups (broad SMARTS) is 1. The molecule has 0 aromatic heterocycles. The Hall–Kier alpha value is -1.52. The van der Waals surface area contributed by atoms with Crippen LogP contribution in [0.1, 0.15) is 59.4 Å². The first kappa shape index (κ1) is 22.2. The molecule has 1 amide bonds. The first-order valence-corrected chi connectivity index (χ1v) is 11.0. The zero-order valence-electron chi connectivity index (χ0n) is 18.5. The van der Waals surface area contributed by atoms with Gasteiger partial charge in [0, 0.05) is 31.2 Å². The van der Waals surface area contributed by atoms with Crippen molar-refractivity contribution in [2.75, 3.05) is 26.2 Å². The fourth-order valence-corrected chi connectivity index (χ4v) is 4.81. The molecule has 1 fully saturated rings. The molecular formula is C24H35ClN2O2. The van der Waals surface area contributed by atoms with E-state index in [1.807, 2.05) is 12.1 Å². The molecular weight excluding hydrogens is 384 g/mol. The van der Waals surface area contributed by atoms with E-state index in [-0.39, 0.29) is 11.5 Å². The molecule has 0 bridgehead atoms. The molecule has 1 N–H and O–H groups in total. The smallest absolute Gasteiger partial charge is 0.407 e. The summed E-state index contributed by atoms with van der Waals surface area (Å²) < 4.78 is 0. The van der Waals surface area contributed by atoms with E-state index in [2.05, 4.69) is 51.7 Å². The fraction of sp³-hybridized carbons (Fsp3) is 0.625. The molecule has 0 saturated carbocycles. The van der Waals surface area contributed by atoms with Crippen molar-refractivity contribution in [2.45, 2.75) is 59.9 Å². The molecule has 5 heteroatoms. The molecule has 0 radical (unpaired) electrons. The molecule has 4 nitrogen and oxygen atoms in total. The average molecular weight is 419 g/mol. The van der Waals surface area contributed by atoms with E-state index in [0.29, 0.717) is 12.0 Å². The van der Waals surface area contributed by atoms with Crippen molar-refractivity contribution in [2.24, 2.45) is 10.8 Å². The highest BCUT2D eigenvalue weighted by Gasteiger charge is 2.38. The van der Waals surface area contributed by atoms with Crippen molar-refractivity contribution in [3.8, 4) is 0 Å². The number of allylic oxidation sites excluding steroid dienone is 1. The Kier molecular flexibility index (Phi) is 6.35. The molecule has 1 aromatic rings. The van der Waals surface area contributed by atoms with Crippen LogP contribution in [-0.2, 0) is 0 Å². The third-order valence-electron chi connectivity index (χ3n) is 6.50. The summed E-state index contributed by atoms with van der Waals surface area (Å²) in [4.78, 5) is 15.8. The number of amides is 1. The predicted octanol–water partition coefficient (Wildman–Crippen LogP) is 6.01. The molecule has 29 heavy (non-hydrogen) atoms. The topological polar surface area (TPSA) is 43.8 Å². The summed E-state index contributed by atoms with van der Waals surface area (Å²) in [6.07, 6.45) is 2.56. The Morgan fingerprint density at radius 3 is 2.45 bits per heavy atom. The minimum absolute atomic E-state index is 0.00774. The van der Waals surface area contributed by atoms with Gasteiger partial charge in [-0.25, -0.2) is 4.79 Å². The number of rotatable bonds is 3. The lowest BCUT2D eigenvalue weighted by atomic mass is 9.72. The van der Waals surface area contributed by atoms with E-state index in [1.165, 1.54) is 23.1 Å². The van der Waals surface area contributed by atoms with Crippen LogP contribution in [0.3, 0.4) is 0 Å². The van der Waals surface area contributed by atoms with Gasteiger partial charge in [0.2, 0.25) is 0 Å². The highest BCUT2D eigenvalue weighted by molar-refractivity contribution is 6.30. The molecule has 1 aliphatic heterocycles. The van der Waals surface area contributed by atoms with Crippen molar-refractivity contribution >= 4 is 23.3 Å². The second kappa shape index (κ2) is 8.31. The van der Waals surface area contributed by atoms with E-state index in [4.69, 9.17) is 11.6 Å². The number of hydrogen-bond acceptors (Lipinski definition) is 2. The van der Waals surface area contributed by atoms with Gasteiger partial charge in [0.1, 0.15) is 0 Å². The molecule has 1 aromatic carbocycles. The predicted molar refractivity (Wildman–Crippen MR) is 120 cm³/mol. The maximum absolute atomic E-state index is 11.7. The third-order valence-corrected chi connectivity index (χ3v) is 6.75. The molecule has 0 spiro atoms. The standard InChI is InChI=1S/C24H35ClN2O2/c1-23(2,3)21-16-26(12-13-27(21)22(28)29)15-18-10-11-24(4,5)14-20(18)17-6-8-19(25)9-7-17/h6-9,21H,10-16H2,1-5H3,(H,28,29). The minimum Gasteiger partial charge on any atom is -0.465 e. The third kappa shape index (κ3) is 5.35. The van der Waals surface area contributed by atoms with Gasteiger partial charge >= 0.3 is 6.09 Å². The molecule has 160 valence electrons. The first-order chi connectivity index (χ1) is 13.5. The normalized spacial score (nSPS) is 23.4. The van der Waals surface area contributed by atoms with Gasteiger partial charge in [-0.2, -0.15) is 0 Å². The van der Waals surface area contributed by atoms with Gasteiger partial charge in [0.05, 0.1) is 6.04 Å². The molecule has 1 saturated heterocycles. The van der Waals surface area contributed by atoms with Crippen molar-refractivity contribution in [1.82, 2.24) is 9.80 Å². The maximum Gasteiger partial charge on any atom is 0.407 e. The van der Waals surface area contributed by atoms with E-state index < -0.39 is 6.09 Å².